The molecule has 0 saturated heterocycles. The summed E-state index contributed by atoms with van der Waals surface area (Å²) >= 11 is 0. The van der Waals surface area contributed by atoms with Gasteiger partial charge in [0, 0.05) is 22.4 Å². The van der Waals surface area contributed by atoms with Crippen molar-refractivity contribution in [2.45, 2.75) is 19.3 Å². The number of amides is 2. The maximum Gasteiger partial charge on any atom is 0.255 e. The van der Waals surface area contributed by atoms with Crippen molar-refractivity contribution in [2.24, 2.45) is 0 Å². The highest BCUT2D eigenvalue weighted by atomic mass is 16.5. The predicted octanol–water partition coefficient (Wildman–Crippen LogP) is 6.63. The molecule has 2 N–H and O–H groups in total. The first kappa shape index (κ1) is 24.5. The molecule has 0 aliphatic carbocycles. The first-order valence-electron chi connectivity index (χ1n) is 11.5. The van der Waals surface area contributed by atoms with E-state index in [2.05, 4.69) is 48.7 Å². The Morgan fingerprint density at radius 2 is 1.36 bits per heavy atom. The molecule has 4 aromatic rings. The van der Waals surface area contributed by atoms with Gasteiger partial charge < -0.3 is 20.1 Å². The number of ether oxygens (including phenoxy) is 2. The van der Waals surface area contributed by atoms with Crippen molar-refractivity contribution >= 4 is 23.7 Å². The molecule has 0 bridgehead atoms. The molecule has 6 heteroatoms. The number of rotatable bonds is 9. The number of carbonyl (C=O) groups is 2. The van der Waals surface area contributed by atoms with E-state index in [1.807, 2.05) is 24.3 Å². The molecule has 2 amide bonds. The molecule has 0 heterocycles. The number of hydrogen-bond acceptors (Lipinski definition) is 4. The molecule has 6 nitrogen and oxygen atoms in total. The Hall–Kier alpha value is -4.58. The lowest BCUT2D eigenvalue weighted by atomic mass is 9.78. The second-order valence-electron chi connectivity index (χ2n) is 8.80. The standard InChI is InChI=1S/C30H28N2O4/c1-30(2,22-10-14-26(35-3)15-11-22)23-12-16-27(17-13-23)36-28-9-4-6-21(18-28)29(34)32-25-8-5-7-24(19-25)31-20-33/h4-20H,1-3H3,(H,31,33)(H,32,34). The van der Waals surface area contributed by atoms with Crippen LogP contribution in [0.2, 0.25) is 0 Å². The van der Waals surface area contributed by atoms with Gasteiger partial charge in [0.15, 0.2) is 0 Å². The molecule has 0 aliphatic heterocycles. The lowest BCUT2D eigenvalue weighted by Crippen LogP contribution is -2.18. The van der Waals surface area contributed by atoms with Gasteiger partial charge in [0.25, 0.3) is 5.91 Å². The first-order chi connectivity index (χ1) is 17.4. The molecule has 0 unspecified atom stereocenters. The summed E-state index contributed by atoms with van der Waals surface area (Å²) < 4.78 is 11.3. The van der Waals surface area contributed by atoms with Gasteiger partial charge in [-0.1, -0.05) is 50.2 Å². The highest BCUT2D eigenvalue weighted by Crippen LogP contribution is 2.34. The average molecular weight is 481 g/mol. The van der Waals surface area contributed by atoms with Crippen molar-refractivity contribution < 1.29 is 19.1 Å². The maximum atomic E-state index is 12.8. The molecule has 4 aromatic carbocycles. The minimum Gasteiger partial charge on any atom is -0.497 e. The van der Waals surface area contributed by atoms with Crippen molar-refractivity contribution in [1.29, 1.82) is 0 Å². The van der Waals surface area contributed by atoms with Gasteiger partial charge in [-0.05, 0) is 71.8 Å². The molecule has 36 heavy (non-hydrogen) atoms. The van der Waals surface area contributed by atoms with E-state index in [4.69, 9.17) is 9.47 Å². The van der Waals surface area contributed by atoms with E-state index in [-0.39, 0.29) is 11.3 Å². The number of methoxy groups -OCH3 is 1. The maximum absolute atomic E-state index is 12.8. The third-order valence-corrected chi connectivity index (χ3v) is 6.07. The van der Waals surface area contributed by atoms with Crippen LogP contribution < -0.4 is 20.1 Å². The van der Waals surface area contributed by atoms with Crippen molar-refractivity contribution in [1.82, 2.24) is 0 Å². The number of hydrogen-bond donors (Lipinski definition) is 2. The van der Waals surface area contributed by atoms with Crippen LogP contribution in [-0.4, -0.2) is 19.4 Å². The highest BCUT2D eigenvalue weighted by molar-refractivity contribution is 6.04. The summed E-state index contributed by atoms with van der Waals surface area (Å²) in [5.74, 6) is 1.79. The van der Waals surface area contributed by atoms with Crippen molar-refractivity contribution in [3.8, 4) is 17.2 Å². The van der Waals surface area contributed by atoms with Crippen LogP contribution in [0.5, 0.6) is 17.2 Å². The van der Waals surface area contributed by atoms with Crippen LogP contribution >= 0.6 is 0 Å². The number of carbonyl (C=O) groups excluding carboxylic acids is 2. The molecule has 0 fully saturated rings. The molecule has 0 aliphatic rings. The number of nitrogens with one attached hydrogen (secondary N) is 2. The first-order valence-corrected chi connectivity index (χ1v) is 11.5. The topological polar surface area (TPSA) is 76.7 Å². The summed E-state index contributed by atoms with van der Waals surface area (Å²) in [5.41, 5.74) is 3.77. The van der Waals surface area contributed by atoms with Crippen LogP contribution in [0.3, 0.4) is 0 Å². The fraction of sp³-hybridized carbons (Fsp3) is 0.133. The Morgan fingerprint density at radius 1 is 0.750 bits per heavy atom. The molecular formula is C30H28N2O4. The van der Waals surface area contributed by atoms with Crippen LogP contribution in [0.4, 0.5) is 11.4 Å². The monoisotopic (exact) mass is 480 g/mol. The summed E-state index contributed by atoms with van der Waals surface area (Å²) in [6, 6.07) is 30.0. The zero-order chi connectivity index (χ0) is 25.5. The minimum absolute atomic E-state index is 0.193. The summed E-state index contributed by atoms with van der Waals surface area (Å²) in [6.45, 7) is 4.36. The fourth-order valence-electron chi connectivity index (χ4n) is 3.91. The molecule has 182 valence electrons. The predicted molar refractivity (Wildman–Crippen MR) is 142 cm³/mol. The SMILES string of the molecule is COc1ccc(C(C)(C)c2ccc(Oc3cccc(C(=O)Nc4cccc(NC=O)c4)c3)cc2)cc1. The smallest absolute Gasteiger partial charge is 0.255 e. The van der Waals surface area contributed by atoms with E-state index in [9.17, 15) is 9.59 Å². The Bertz CT molecular complexity index is 1350. The van der Waals surface area contributed by atoms with Gasteiger partial charge in [-0.15, -0.1) is 0 Å². The third-order valence-electron chi connectivity index (χ3n) is 6.07. The van der Waals surface area contributed by atoms with Crippen LogP contribution in [-0.2, 0) is 10.2 Å². The van der Waals surface area contributed by atoms with E-state index in [0.29, 0.717) is 34.8 Å². The Balaban J connectivity index is 1.45. The van der Waals surface area contributed by atoms with Crippen molar-refractivity contribution in [2.75, 3.05) is 17.7 Å². The zero-order valence-corrected chi connectivity index (χ0v) is 20.4. The largest absolute Gasteiger partial charge is 0.497 e. The second-order valence-corrected chi connectivity index (χ2v) is 8.80. The molecule has 0 spiro atoms. The summed E-state index contributed by atoms with van der Waals surface area (Å²) in [6.07, 6.45) is 0.592. The molecule has 0 atom stereocenters. The normalized spacial score (nSPS) is 10.9. The lowest BCUT2D eigenvalue weighted by Gasteiger charge is -2.26. The minimum atomic E-state index is -0.278. The highest BCUT2D eigenvalue weighted by Gasteiger charge is 2.23. The van der Waals surface area contributed by atoms with E-state index in [0.717, 1.165) is 11.3 Å². The number of benzene rings is 4. The van der Waals surface area contributed by atoms with Gasteiger partial charge in [0.05, 0.1) is 7.11 Å². The Morgan fingerprint density at radius 3 is 2.00 bits per heavy atom. The number of anilines is 2. The van der Waals surface area contributed by atoms with E-state index >= 15 is 0 Å². The Kier molecular flexibility index (Phi) is 7.35. The van der Waals surface area contributed by atoms with E-state index < -0.39 is 0 Å². The average Bonchev–Trinajstić information content (AvgIpc) is 2.89. The van der Waals surface area contributed by atoms with Gasteiger partial charge in [0.1, 0.15) is 17.2 Å². The molecular weight excluding hydrogens is 452 g/mol. The molecule has 0 aromatic heterocycles. The summed E-state index contributed by atoms with van der Waals surface area (Å²) in [5, 5.41) is 5.40. The van der Waals surface area contributed by atoms with Gasteiger partial charge in [-0.3, -0.25) is 9.59 Å². The van der Waals surface area contributed by atoms with Crippen LogP contribution in [0.25, 0.3) is 0 Å². The lowest BCUT2D eigenvalue weighted by molar-refractivity contribution is -0.105. The molecule has 4 rings (SSSR count). The summed E-state index contributed by atoms with van der Waals surface area (Å²) in [4.78, 5) is 23.4. The Labute approximate surface area is 210 Å². The quantitative estimate of drug-likeness (QED) is 0.264. The van der Waals surface area contributed by atoms with Crippen LogP contribution in [0.15, 0.2) is 97.1 Å². The van der Waals surface area contributed by atoms with Crippen LogP contribution in [0.1, 0.15) is 35.3 Å². The molecule has 0 saturated carbocycles. The summed E-state index contributed by atoms with van der Waals surface area (Å²) in [7, 11) is 1.66. The fourth-order valence-corrected chi connectivity index (χ4v) is 3.91. The van der Waals surface area contributed by atoms with Crippen molar-refractivity contribution in [3.05, 3.63) is 114 Å². The van der Waals surface area contributed by atoms with E-state index in [1.54, 1.807) is 55.6 Å². The zero-order valence-electron chi connectivity index (χ0n) is 20.4. The second kappa shape index (κ2) is 10.8. The van der Waals surface area contributed by atoms with Crippen molar-refractivity contribution in [3.63, 3.8) is 0 Å². The van der Waals surface area contributed by atoms with E-state index in [1.165, 1.54) is 5.56 Å². The van der Waals surface area contributed by atoms with Gasteiger partial charge in [-0.2, -0.15) is 0 Å². The van der Waals surface area contributed by atoms with Gasteiger partial charge in [0.2, 0.25) is 6.41 Å². The molecule has 0 radical (unpaired) electrons. The van der Waals surface area contributed by atoms with Crippen LogP contribution in [0, 0.1) is 0 Å². The van der Waals surface area contributed by atoms with Gasteiger partial charge in [-0.25, -0.2) is 0 Å². The van der Waals surface area contributed by atoms with Gasteiger partial charge >= 0.3 is 0 Å². The third kappa shape index (κ3) is 5.73.